The maximum Gasteiger partial charge on any atom is 0.391 e. The van der Waals surface area contributed by atoms with Crippen LogP contribution in [0.5, 0.6) is 0 Å². The summed E-state index contributed by atoms with van der Waals surface area (Å²) >= 11 is 0. The fourth-order valence-electron chi connectivity index (χ4n) is 1.73. The number of aromatic amines is 1. The van der Waals surface area contributed by atoms with E-state index in [1.807, 2.05) is 0 Å². The van der Waals surface area contributed by atoms with Crippen LogP contribution in [0.1, 0.15) is 13.3 Å². The minimum Gasteiger partial charge on any atom is -0.399 e. The third-order valence-electron chi connectivity index (χ3n) is 2.43. The van der Waals surface area contributed by atoms with Crippen LogP contribution in [0.2, 0.25) is 0 Å². The van der Waals surface area contributed by atoms with Gasteiger partial charge in [-0.25, -0.2) is 4.98 Å². The summed E-state index contributed by atoms with van der Waals surface area (Å²) in [5.41, 5.74) is 7.52. The van der Waals surface area contributed by atoms with Gasteiger partial charge in [-0.1, -0.05) is 0 Å². The Morgan fingerprint density at radius 2 is 2.17 bits per heavy atom. The third kappa shape index (κ3) is 3.06. The molecule has 0 radical (unpaired) electrons. The molecule has 18 heavy (non-hydrogen) atoms. The van der Waals surface area contributed by atoms with Gasteiger partial charge < -0.3 is 16.0 Å². The summed E-state index contributed by atoms with van der Waals surface area (Å²) in [5, 5.41) is 2.68. The van der Waals surface area contributed by atoms with E-state index < -0.39 is 18.6 Å². The first kappa shape index (κ1) is 12.5. The van der Waals surface area contributed by atoms with Crippen LogP contribution in [0, 0.1) is 0 Å². The number of hydrogen-bond donors (Lipinski definition) is 3. The van der Waals surface area contributed by atoms with Crippen molar-refractivity contribution in [3.63, 3.8) is 0 Å². The van der Waals surface area contributed by atoms with Gasteiger partial charge >= 0.3 is 6.18 Å². The quantitative estimate of drug-likeness (QED) is 0.741. The van der Waals surface area contributed by atoms with Crippen LogP contribution in [0.4, 0.5) is 24.8 Å². The fraction of sp³-hybridized carbons (Fsp3) is 0.364. The topological polar surface area (TPSA) is 66.7 Å². The summed E-state index contributed by atoms with van der Waals surface area (Å²) in [6.45, 7) is 1.45. The number of nitrogens with two attached hydrogens (primary N) is 1. The first-order chi connectivity index (χ1) is 8.33. The minimum atomic E-state index is -4.19. The highest BCUT2D eigenvalue weighted by Crippen LogP contribution is 2.23. The predicted molar refractivity (Wildman–Crippen MR) is 64.3 cm³/mol. The molecule has 1 aromatic carbocycles. The fourth-order valence-corrected chi connectivity index (χ4v) is 1.73. The number of hydrogen-bond acceptors (Lipinski definition) is 3. The molecule has 0 saturated carbocycles. The predicted octanol–water partition coefficient (Wildman–Crippen LogP) is 2.90. The number of anilines is 2. The highest BCUT2D eigenvalue weighted by molar-refractivity contribution is 5.80. The van der Waals surface area contributed by atoms with Crippen molar-refractivity contribution in [2.45, 2.75) is 25.6 Å². The Hall–Kier alpha value is -1.92. The molecule has 1 atom stereocenters. The van der Waals surface area contributed by atoms with Crippen molar-refractivity contribution in [3.05, 3.63) is 18.2 Å². The second-order valence-corrected chi connectivity index (χ2v) is 4.23. The van der Waals surface area contributed by atoms with E-state index in [1.54, 1.807) is 18.2 Å². The Balaban J connectivity index is 2.12. The Morgan fingerprint density at radius 3 is 2.83 bits per heavy atom. The molecule has 0 spiro atoms. The van der Waals surface area contributed by atoms with Gasteiger partial charge in [0.15, 0.2) is 0 Å². The summed E-state index contributed by atoms with van der Waals surface area (Å²) in [5.74, 6) is 0.312. The summed E-state index contributed by atoms with van der Waals surface area (Å²) < 4.78 is 36.5. The van der Waals surface area contributed by atoms with Crippen molar-refractivity contribution in [1.29, 1.82) is 0 Å². The number of rotatable bonds is 3. The Bertz CT molecular complexity index is 547. The average molecular weight is 258 g/mol. The van der Waals surface area contributed by atoms with Crippen LogP contribution in [0.15, 0.2) is 18.2 Å². The molecule has 1 unspecified atom stereocenters. The standard InChI is InChI=1S/C11H13F3N4/c1-6(5-11(12,13)14)16-10-17-8-3-2-7(15)4-9(8)18-10/h2-4,6H,5,15H2,1H3,(H2,16,17,18). The van der Waals surface area contributed by atoms with Crippen molar-refractivity contribution in [3.8, 4) is 0 Å². The van der Waals surface area contributed by atoms with E-state index in [9.17, 15) is 13.2 Å². The van der Waals surface area contributed by atoms with Gasteiger partial charge in [0.2, 0.25) is 5.95 Å². The van der Waals surface area contributed by atoms with Gasteiger partial charge in [-0.15, -0.1) is 0 Å². The SMILES string of the molecule is CC(CC(F)(F)F)Nc1nc2ccc(N)cc2[nH]1. The number of nitrogen functional groups attached to an aromatic ring is 1. The number of nitrogens with zero attached hydrogens (tertiary/aromatic N) is 1. The molecule has 1 heterocycles. The minimum absolute atomic E-state index is 0.312. The lowest BCUT2D eigenvalue weighted by Crippen LogP contribution is -2.24. The molecular formula is C11H13F3N4. The van der Waals surface area contributed by atoms with Crippen LogP contribution < -0.4 is 11.1 Å². The van der Waals surface area contributed by atoms with Crippen molar-refractivity contribution >= 4 is 22.7 Å². The summed E-state index contributed by atoms with van der Waals surface area (Å²) in [4.78, 5) is 7.02. The summed E-state index contributed by atoms with van der Waals surface area (Å²) in [6, 6.07) is 4.33. The van der Waals surface area contributed by atoms with E-state index in [0.717, 1.165) is 0 Å². The van der Waals surface area contributed by atoms with Gasteiger partial charge in [0.1, 0.15) is 0 Å². The first-order valence-electron chi connectivity index (χ1n) is 5.42. The molecule has 2 aromatic rings. The zero-order valence-corrected chi connectivity index (χ0v) is 9.67. The zero-order chi connectivity index (χ0) is 13.3. The van der Waals surface area contributed by atoms with E-state index in [2.05, 4.69) is 15.3 Å². The van der Waals surface area contributed by atoms with Crippen molar-refractivity contribution < 1.29 is 13.2 Å². The molecule has 4 N–H and O–H groups in total. The van der Waals surface area contributed by atoms with Crippen molar-refractivity contribution in [1.82, 2.24) is 9.97 Å². The van der Waals surface area contributed by atoms with Crippen molar-refractivity contribution in [2.24, 2.45) is 0 Å². The molecule has 0 aliphatic carbocycles. The van der Waals surface area contributed by atoms with Crippen molar-refractivity contribution in [2.75, 3.05) is 11.1 Å². The number of imidazole rings is 1. The molecule has 98 valence electrons. The zero-order valence-electron chi connectivity index (χ0n) is 9.67. The maximum absolute atomic E-state index is 12.2. The molecular weight excluding hydrogens is 245 g/mol. The van der Waals surface area contributed by atoms with Crippen LogP contribution >= 0.6 is 0 Å². The number of alkyl halides is 3. The van der Waals surface area contributed by atoms with E-state index in [4.69, 9.17) is 5.73 Å². The second-order valence-electron chi connectivity index (χ2n) is 4.23. The van der Waals surface area contributed by atoms with Gasteiger partial charge in [-0.2, -0.15) is 13.2 Å². The van der Waals surface area contributed by atoms with E-state index in [-0.39, 0.29) is 0 Å². The third-order valence-corrected chi connectivity index (χ3v) is 2.43. The van der Waals surface area contributed by atoms with Crippen LogP contribution in [0.3, 0.4) is 0 Å². The summed E-state index contributed by atoms with van der Waals surface area (Å²) in [7, 11) is 0. The molecule has 0 fully saturated rings. The lowest BCUT2D eigenvalue weighted by Gasteiger charge is -2.14. The molecule has 7 heteroatoms. The Labute approximate surface area is 101 Å². The highest BCUT2D eigenvalue weighted by atomic mass is 19.4. The largest absolute Gasteiger partial charge is 0.399 e. The smallest absolute Gasteiger partial charge is 0.391 e. The number of aromatic nitrogens is 2. The van der Waals surface area contributed by atoms with E-state index in [1.165, 1.54) is 6.92 Å². The van der Waals surface area contributed by atoms with E-state index in [0.29, 0.717) is 22.7 Å². The molecule has 0 aliphatic heterocycles. The molecule has 0 amide bonds. The van der Waals surface area contributed by atoms with Crippen LogP contribution in [0.25, 0.3) is 11.0 Å². The highest BCUT2D eigenvalue weighted by Gasteiger charge is 2.30. The number of H-pyrrole nitrogens is 1. The van der Waals surface area contributed by atoms with Gasteiger partial charge in [0.05, 0.1) is 17.5 Å². The molecule has 4 nitrogen and oxygen atoms in total. The van der Waals surface area contributed by atoms with Crippen LogP contribution in [-0.2, 0) is 0 Å². The Kier molecular flexibility index (Phi) is 3.06. The van der Waals surface area contributed by atoms with Gasteiger partial charge in [0, 0.05) is 11.7 Å². The lowest BCUT2D eigenvalue weighted by molar-refractivity contribution is -0.136. The maximum atomic E-state index is 12.2. The molecule has 0 saturated heterocycles. The van der Waals surface area contributed by atoms with E-state index >= 15 is 0 Å². The number of benzene rings is 1. The van der Waals surface area contributed by atoms with Crippen LogP contribution in [-0.4, -0.2) is 22.2 Å². The van der Waals surface area contributed by atoms with Gasteiger partial charge in [0.25, 0.3) is 0 Å². The normalized spacial score (nSPS) is 13.8. The number of nitrogens with one attached hydrogen (secondary N) is 2. The Morgan fingerprint density at radius 1 is 1.44 bits per heavy atom. The monoisotopic (exact) mass is 258 g/mol. The number of halogens is 3. The number of fused-ring (bicyclic) bond motifs is 1. The molecule has 1 aromatic heterocycles. The average Bonchev–Trinajstić information content (AvgIpc) is 2.55. The second kappa shape index (κ2) is 4.40. The molecule has 0 aliphatic rings. The molecule has 2 rings (SSSR count). The molecule has 0 bridgehead atoms. The summed E-state index contributed by atoms with van der Waals surface area (Å²) in [6.07, 6.45) is -5.10. The first-order valence-corrected chi connectivity index (χ1v) is 5.42. The lowest BCUT2D eigenvalue weighted by atomic mass is 10.2. The van der Waals surface area contributed by atoms with Gasteiger partial charge in [-0.05, 0) is 25.1 Å². The van der Waals surface area contributed by atoms with Gasteiger partial charge in [-0.3, -0.25) is 0 Å².